The van der Waals surface area contributed by atoms with Crippen LogP contribution in [0.5, 0.6) is 0 Å². The number of ether oxygens (including phenoxy) is 1. The van der Waals surface area contributed by atoms with Crippen molar-refractivity contribution < 1.29 is 13.9 Å². The maximum absolute atomic E-state index is 14.0. The first kappa shape index (κ1) is 14.7. The van der Waals surface area contributed by atoms with Crippen LogP contribution in [0.15, 0.2) is 23.1 Å². The molecule has 1 aliphatic rings. The number of rotatable bonds is 3. The van der Waals surface area contributed by atoms with Gasteiger partial charge in [0.25, 0.3) is 5.91 Å². The van der Waals surface area contributed by atoms with Gasteiger partial charge in [0.2, 0.25) is 5.56 Å². The molecule has 0 bridgehead atoms. The van der Waals surface area contributed by atoms with Gasteiger partial charge in [-0.25, -0.2) is 4.39 Å². The first-order valence-electron chi connectivity index (χ1n) is 6.75. The lowest BCUT2D eigenvalue weighted by atomic mass is 10.0. The molecule has 1 saturated heterocycles. The predicted molar refractivity (Wildman–Crippen MR) is 72.5 cm³/mol. The lowest BCUT2D eigenvalue weighted by Crippen LogP contribution is -2.48. The first-order valence-corrected chi connectivity index (χ1v) is 6.75. The summed E-state index contributed by atoms with van der Waals surface area (Å²) in [6.45, 7) is 4.16. The summed E-state index contributed by atoms with van der Waals surface area (Å²) in [7, 11) is 0. The second-order valence-corrected chi connectivity index (χ2v) is 5.22. The van der Waals surface area contributed by atoms with Crippen molar-refractivity contribution in [1.29, 1.82) is 0 Å². The van der Waals surface area contributed by atoms with E-state index in [9.17, 15) is 14.0 Å². The van der Waals surface area contributed by atoms with Gasteiger partial charge < -0.3 is 14.6 Å². The smallest absolute Gasteiger partial charge is 0.254 e. The standard InChI is InChI=1S/C14H19FN2O3/c1-9(2)20-12-4-6-17(8-11(12)15)14(19)10-3-5-16-13(18)7-10/h3,5,7,9,11-12H,4,6,8H2,1-2H3,(H,16,18)/t11-,12+/m1/s1. The molecule has 1 N–H and O–H groups in total. The van der Waals surface area contributed by atoms with E-state index in [1.165, 1.54) is 23.2 Å². The van der Waals surface area contributed by atoms with Crippen molar-refractivity contribution in [3.8, 4) is 0 Å². The lowest BCUT2D eigenvalue weighted by Gasteiger charge is -2.35. The molecule has 0 radical (unpaired) electrons. The van der Waals surface area contributed by atoms with Crippen LogP contribution in [-0.2, 0) is 4.74 Å². The van der Waals surface area contributed by atoms with E-state index in [-0.39, 0.29) is 29.7 Å². The zero-order chi connectivity index (χ0) is 14.7. The summed E-state index contributed by atoms with van der Waals surface area (Å²) in [5.74, 6) is -0.318. The lowest BCUT2D eigenvalue weighted by molar-refractivity contribution is -0.0666. The van der Waals surface area contributed by atoms with Gasteiger partial charge >= 0.3 is 0 Å². The molecule has 1 aliphatic heterocycles. The molecule has 2 heterocycles. The van der Waals surface area contributed by atoms with E-state index >= 15 is 0 Å². The Hall–Kier alpha value is -1.69. The fourth-order valence-electron chi connectivity index (χ4n) is 2.33. The van der Waals surface area contributed by atoms with E-state index in [1.807, 2.05) is 13.8 Å². The summed E-state index contributed by atoms with van der Waals surface area (Å²) < 4.78 is 19.5. The van der Waals surface area contributed by atoms with Gasteiger partial charge in [-0.3, -0.25) is 9.59 Å². The Kier molecular flexibility index (Phi) is 4.54. The molecular weight excluding hydrogens is 263 g/mol. The Bertz CT molecular complexity index is 529. The van der Waals surface area contributed by atoms with Crippen molar-refractivity contribution in [2.24, 2.45) is 0 Å². The van der Waals surface area contributed by atoms with E-state index in [2.05, 4.69) is 4.98 Å². The number of carbonyl (C=O) groups excluding carboxylic acids is 1. The van der Waals surface area contributed by atoms with Crippen molar-refractivity contribution in [2.75, 3.05) is 13.1 Å². The number of nitrogens with zero attached hydrogens (tertiary/aromatic N) is 1. The highest BCUT2D eigenvalue weighted by Crippen LogP contribution is 2.20. The highest BCUT2D eigenvalue weighted by molar-refractivity contribution is 5.94. The number of hydrogen-bond acceptors (Lipinski definition) is 3. The Morgan fingerprint density at radius 2 is 2.30 bits per heavy atom. The van der Waals surface area contributed by atoms with Gasteiger partial charge in [0.1, 0.15) is 6.17 Å². The van der Waals surface area contributed by atoms with Gasteiger partial charge in [0.05, 0.1) is 18.8 Å². The van der Waals surface area contributed by atoms with E-state index < -0.39 is 12.3 Å². The van der Waals surface area contributed by atoms with Crippen molar-refractivity contribution >= 4 is 5.91 Å². The van der Waals surface area contributed by atoms with Crippen LogP contribution in [0.4, 0.5) is 4.39 Å². The van der Waals surface area contributed by atoms with Crippen LogP contribution in [0.2, 0.25) is 0 Å². The normalized spacial score (nSPS) is 23.1. The Balaban J connectivity index is 2.02. The fourth-order valence-corrected chi connectivity index (χ4v) is 2.33. The Morgan fingerprint density at radius 3 is 2.90 bits per heavy atom. The molecule has 0 saturated carbocycles. The summed E-state index contributed by atoms with van der Waals surface area (Å²) in [6.07, 6.45) is 0.189. The van der Waals surface area contributed by atoms with Crippen molar-refractivity contribution in [3.05, 3.63) is 34.2 Å². The Morgan fingerprint density at radius 1 is 1.55 bits per heavy atom. The molecular formula is C14H19FN2O3. The first-order chi connectivity index (χ1) is 9.47. The molecule has 2 rings (SSSR count). The summed E-state index contributed by atoms with van der Waals surface area (Å²) >= 11 is 0. The zero-order valence-electron chi connectivity index (χ0n) is 11.6. The number of nitrogens with one attached hydrogen (secondary N) is 1. The third-order valence-electron chi connectivity index (χ3n) is 3.24. The zero-order valence-corrected chi connectivity index (χ0v) is 11.6. The van der Waals surface area contributed by atoms with E-state index in [4.69, 9.17) is 4.74 Å². The van der Waals surface area contributed by atoms with Crippen molar-refractivity contribution in [2.45, 2.75) is 38.6 Å². The molecule has 0 aromatic carbocycles. The average Bonchev–Trinajstić information content (AvgIpc) is 2.40. The van der Waals surface area contributed by atoms with E-state index in [0.29, 0.717) is 13.0 Å². The number of alkyl halides is 1. The van der Waals surface area contributed by atoms with Gasteiger partial charge in [-0.15, -0.1) is 0 Å². The molecule has 0 aliphatic carbocycles. The molecule has 0 spiro atoms. The number of likely N-dealkylation sites (tertiary alicyclic amines) is 1. The average molecular weight is 282 g/mol. The largest absolute Gasteiger partial charge is 0.372 e. The van der Waals surface area contributed by atoms with E-state index in [0.717, 1.165) is 0 Å². The number of aromatic amines is 1. The quantitative estimate of drug-likeness (QED) is 0.910. The van der Waals surface area contributed by atoms with Crippen LogP contribution < -0.4 is 5.56 Å². The molecule has 0 unspecified atom stereocenters. The molecule has 6 heteroatoms. The minimum Gasteiger partial charge on any atom is -0.372 e. The van der Waals surface area contributed by atoms with Gasteiger partial charge in [-0.1, -0.05) is 0 Å². The van der Waals surface area contributed by atoms with Crippen LogP contribution >= 0.6 is 0 Å². The van der Waals surface area contributed by atoms with Crippen LogP contribution in [0.3, 0.4) is 0 Å². The van der Waals surface area contributed by atoms with Gasteiger partial charge in [-0.05, 0) is 26.3 Å². The molecule has 2 atom stereocenters. The van der Waals surface area contributed by atoms with Crippen LogP contribution in [0.25, 0.3) is 0 Å². The molecule has 1 aromatic rings. The Labute approximate surface area is 116 Å². The maximum atomic E-state index is 14.0. The van der Waals surface area contributed by atoms with Gasteiger partial charge in [0.15, 0.2) is 0 Å². The molecule has 110 valence electrons. The fraction of sp³-hybridized carbons (Fsp3) is 0.571. The third kappa shape index (κ3) is 3.45. The molecule has 1 fully saturated rings. The van der Waals surface area contributed by atoms with Gasteiger partial charge in [-0.2, -0.15) is 0 Å². The third-order valence-corrected chi connectivity index (χ3v) is 3.24. The predicted octanol–water partition coefficient (Wildman–Crippen LogP) is 1.35. The van der Waals surface area contributed by atoms with Gasteiger partial charge in [0, 0.05) is 24.4 Å². The number of carbonyl (C=O) groups is 1. The monoisotopic (exact) mass is 282 g/mol. The minimum atomic E-state index is -1.20. The summed E-state index contributed by atoms with van der Waals surface area (Å²) in [4.78, 5) is 27.3. The summed E-state index contributed by atoms with van der Waals surface area (Å²) in [6, 6.07) is 2.75. The second-order valence-electron chi connectivity index (χ2n) is 5.22. The number of H-pyrrole nitrogens is 1. The number of aromatic nitrogens is 1. The molecule has 5 nitrogen and oxygen atoms in total. The maximum Gasteiger partial charge on any atom is 0.254 e. The highest BCUT2D eigenvalue weighted by atomic mass is 19.1. The minimum absolute atomic E-state index is 0.00300. The van der Waals surface area contributed by atoms with Crippen LogP contribution in [-0.4, -0.2) is 47.3 Å². The van der Waals surface area contributed by atoms with Crippen molar-refractivity contribution in [3.63, 3.8) is 0 Å². The number of hydrogen-bond donors (Lipinski definition) is 1. The number of halogens is 1. The van der Waals surface area contributed by atoms with E-state index in [1.54, 1.807) is 0 Å². The highest BCUT2D eigenvalue weighted by Gasteiger charge is 2.33. The van der Waals surface area contributed by atoms with Crippen LogP contribution in [0.1, 0.15) is 30.6 Å². The molecule has 20 heavy (non-hydrogen) atoms. The van der Waals surface area contributed by atoms with Crippen LogP contribution in [0, 0.1) is 0 Å². The topological polar surface area (TPSA) is 62.4 Å². The SMILES string of the molecule is CC(C)O[C@H]1CCN(C(=O)c2cc[nH]c(=O)c2)C[C@H]1F. The summed E-state index contributed by atoms with van der Waals surface area (Å²) in [5, 5.41) is 0. The number of piperidine rings is 1. The second kappa shape index (κ2) is 6.17. The number of amides is 1. The molecule has 1 amide bonds. The van der Waals surface area contributed by atoms with Crippen molar-refractivity contribution in [1.82, 2.24) is 9.88 Å². The number of pyridine rings is 1. The summed E-state index contributed by atoms with van der Waals surface area (Å²) in [5.41, 5.74) is -0.0603. The molecule has 1 aromatic heterocycles.